The van der Waals surface area contributed by atoms with E-state index in [0.717, 1.165) is 0 Å². The van der Waals surface area contributed by atoms with E-state index in [9.17, 15) is 14.4 Å². The largest absolute Gasteiger partial charge is 0.467 e. The summed E-state index contributed by atoms with van der Waals surface area (Å²) < 4.78 is 4.51. The van der Waals surface area contributed by atoms with Crippen molar-refractivity contribution in [3.05, 3.63) is 46.2 Å². The van der Waals surface area contributed by atoms with Gasteiger partial charge in [0.15, 0.2) is 0 Å². The van der Waals surface area contributed by atoms with Crippen LogP contribution in [0.15, 0.2) is 35.3 Å². The Balaban J connectivity index is 2.34. The lowest BCUT2D eigenvalue weighted by Crippen LogP contribution is -2.40. The molecule has 0 fully saturated rings. The molecule has 0 aliphatic carbocycles. The van der Waals surface area contributed by atoms with Crippen LogP contribution in [-0.4, -0.2) is 30.0 Å². The average molecular weight is 274 g/mol. The van der Waals surface area contributed by atoms with E-state index in [1.54, 1.807) is 24.3 Å². The molecule has 6 heteroatoms. The Morgan fingerprint density at radius 1 is 1.30 bits per heavy atom. The highest BCUT2D eigenvalue weighted by Gasteiger charge is 2.19. The number of nitrogens with one attached hydrogen (secondary N) is 2. The molecule has 2 rings (SSSR count). The molecule has 2 N–H and O–H groups in total. The maximum absolute atomic E-state index is 12.2. The van der Waals surface area contributed by atoms with Gasteiger partial charge in [0.1, 0.15) is 11.6 Å². The molecule has 1 aromatic heterocycles. The Morgan fingerprint density at radius 2 is 2.00 bits per heavy atom. The van der Waals surface area contributed by atoms with Gasteiger partial charge in [-0.2, -0.15) is 0 Å². The fourth-order valence-electron chi connectivity index (χ4n) is 1.85. The van der Waals surface area contributed by atoms with E-state index in [1.165, 1.54) is 20.2 Å². The lowest BCUT2D eigenvalue weighted by molar-refractivity contribution is -0.142. The number of carbonyl (C=O) groups excluding carboxylic acids is 2. The number of fused-ring (bicyclic) bond motifs is 1. The molecule has 1 amide bonds. The van der Waals surface area contributed by atoms with E-state index in [0.29, 0.717) is 10.9 Å². The lowest BCUT2D eigenvalue weighted by atomic mass is 10.1. The summed E-state index contributed by atoms with van der Waals surface area (Å²) in [5.41, 5.74) is 0.225. The van der Waals surface area contributed by atoms with E-state index in [1.807, 2.05) is 0 Å². The topological polar surface area (TPSA) is 88.3 Å². The van der Waals surface area contributed by atoms with Crippen molar-refractivity contribution in [3.63, 3.8) is 0 Å². The molecule has 0 spiro atoms. The molecule has 2 aromatic rings. The number of carbonyl (C=O) groups is 2. The SMILES string of the molecule is COC(=O)C(C)NC(=O)c1c[nH]c2ccccc2c1=O. The van der Waals surface area contributed by atoms with Gasteiger partial charge < -0.3 is 15.0 Å². The monoisotopic (exact) mass is 274 g/mol. The van der Waals surface area contributed by atoms with Gasteiger partial charge in [0.05, 0.1) is 7.11 Å². The number of aromatic nitrogens is 1. The number of hydrogen-bond acceptors (Lipinski definition) is 4. The van der Waals surface area contributed by atoms with Gasteiger partial charge in [-0.05, 0) is 19.1 Å². The second-order valence-electron chi connectivity index (χ2n) is 4.30. The van der Waals surface area contributed by atoms with Crippen LogP contribution in [-0.2, 0) is 9.53 Å². The molecule has 1 aromatic carbocycles. The highest BCUT2D eigenvalue weighted by Crippen LogP contribution is 2.07. The van der Waals surface area contributed by atoms with E-state index in [4.69, 9.17) is 0 Å². The van der Waals surface area contributed by atoms with E-state index in [2.05, 4.69) is 15.0 Å². The van der Waals surface area contributed by atoms with Gasteiger partial charge in [-0.25, -0.2) is 4.79 Å². The summed E-state index contributed by atoms with van der Waals surface area (Å²) in [6.45, 7) is 1.49. The van der Waals surface area contributed by atoms with Crippen molar-refractivity contribution in [3.8, 4) is 0 Å². The third-order valence-electron chi connectivity index (χ3n) is 2.94. The number of esters is 1. The number of aromatic amines is 1. The van der Waals surface area contributed by atoms with Gasteiger partial charge in [0.25, 0.3) is 5.91 Å². The van der Waals surface area contributed by atoms with Crippen LogP contribution in [0.3, 0.4) is 0 Å². The summed E-state index contributed by atoms with van der Waals surface area (Å²) in [4.78, 5) is 38.3. The van der Waals surface area contributed by atoms with Crippen LogP contribution >= 0.6 is 0 Å². The third kappa shape index (κ3) is 2.54. The zero-order chi connectivity index (χ0) is 14.7. The summed E-state index contributed by atoms with van der Waals surface area (Å²) >= 11 is 0. The molecule has 6 nitrogen and oxygen atoms in total. The van der Waals surface area contributed by atoms with Crippen LogP contribution in [0.2, 0.25) is 0 Å². The molecular weight excluding hydrogens is 260 g/mol. The molecule has 0 bridgehead atoms. The molecule has 0 saturated carbocycles. The minimum atomic E-state index is -0.821. The third-order valence-corrected chi connectivity index (χ3v) is 2.94. The first kappa shape index (κ1) is 13.8. The standard InChI is InChI=1S/C14H14N2O4/c1-8(14(19)20-2)16-13(18)10-7-15-11-6-4-3-5-9(11)12(10)17/h3-8H,1-2H3,(H,15,17)(H,16,18). The van der Waals surface area contributed by atoms with E-state index < -0.39 is 17.9 Å². The Hall–Kier alpha value is -2.63. The summed E-state index contributed by atoms with van der Waals surface area (Å²) in [5, 5.41) is 2.84. The predicted molar refractivity (Wildman–Crippen MR) is 73.5 cm³/mol. The van der Waals surface area contributed by atoms with Gasteiger partial charge in [-0.15, -0.1) is 0 Å². The first-order valence-corrected chi connectivity index (χ1v) is 6.03. The number of H-pyrrole nitrogens is 1. The maximum atomic E-state index is 12.2. The number of pyridine rings is 1. The van der Waals surface area contributed by atoms with Crippen molar-refractivity contribution in [1.29, 1.82) is 0 Å². The second kappa shape index (κ2) is 5.56. The number of ether oxygens (including phenoxy) is 1. The van der Waals surface area contributed by atoms with Gasteiger partial charge in [0.2, 0.25) is 5.43 Å². The van der Waals surface area contributed by atoms with Crippen LogP contribution in [0.25, 0.3) is 10.9 Å². The first-order chi connectivity index (χ1) is 9.54. The molecule has 0 aliphatic rings. The average Bonchev–Trinajstić information content (AvgIpc) is 2.46. The van der Waals surface area contributed by atoms with E-state index in [-0.39, 0.29) is 11.0 Å². The highest BCUT2D eigenvalue weighted by molar-refractivity contribution is 5.98. The van der Waals surface area contributed by atoms with Crippen molar-refractivity contribution < 1.29 is 14.3 Å². The normalized spacial score (nSPS) is 11.9. The summed E-state index contributed by atoms with van der Waals surface area (Å²) in [7, 11) is 1.23. The Labute approximate surface area is 114 Å². The number of benzene rings is 1. The second-order valence-corrected chi connectivity index (χ2v) is 4.30. The van der Waals surface area contributed by atoms with Gasteiger partial charge in [0, 0.05) is 17.1 Å². The van der Waals surface area contributed by atoms with E-state index >= 15 is 0 Å². The first-order valence-electron chi connectivity index (χ1n) is 6.03. The zero-order valence-corrected chi connectivity index (χ0v) is 11.1. The zero-order valence-electron chi connectivity index (χ0n) is 11.1. The predicted octanol–water partition coefficient (Wildman–Crippen LogP) is 0.819. The van der Waals surface area contributed by atoms with Crippen LogP contribution in [0, 0.1) is 0 Å². The van der Waals surface area contributed by atoms with Gasteiger partial charge >= 0.3 is 5.97 Å². The molecule has 0 saturated heterocycles. The van der Waals surface area contributed by atoms with Crippen LogP contribution in [0.4, 0.5) is 0 Å². The Morgan fingerprint density at radius 3 is 2.70 bits per heavy atom. The summed E-state index contributed by atoms with van der Waals surface area (Å²) in [6.07, 6.45) is 1.34. The highest BCUT2D eigenvalue weighted by atomic mass is 16.5. The van der Waals surface area contributed by atoms with Crippen molar-refractivity contribution in [1.82, 2.24) is 10.3 Å². The minimum Gasteiger partial charge on any atom is -0.467 e. The molecular formula is C14H14N2O4. The smallest absolute Gasteiger partial charge is 0.328 e. The lowest BCUT2D eigenvalue weighted by Gasteiger charge is -2.11. The number of methoxy groups -OCH3 is 1. The molecule has 1 atom stereocenters. The molecule has 20 heavy (non-hydrogen) atoms. The van der Waals surface area contributed by atoms with Crippen molar-refractivity contribution >= 4 is 22.8 Å². The van der Waals surface area contributed by atoms with Crippen LogP contribution < -0.4 is 10.7 Å². The summed E-state index contributed by atoms with van der Waals surface area (Å²) in [6, 6.07) is 6.07. The number of para-hydroxylation sites is 1. The summed E-state index contributed by atoms with van der Waals surface area (Å²) in [5.74, 6) is -1.19. The van der Waals surface area contributed by atoms with Crippen molar-refractivity contribution in [2.45, 2.75) is 13.0 Å². The van der Waals surface area contributed by atoms with Gasteiger partial charge in [-0.1, -0.05) is 12.1 Å². The number of amides is 1. The van der Waals surface area contributed by atoms with Crippen molar-refractivity contribution in [2.75, 3.05) is 7.11 Å². The maximum Gasteiger partial charge on any atom is 0.328 e. The molecule has 0 aliphatic heterocycles. The molecule has 104 valence electrons. The quantitative estimate of drug-likeness (QED) is 0.811. The fraction of sp³-hybridized carbons (Fsp3) is 0.214. The molecule has 1 heterocycles. The molecule has 0 radical (unpaired) electrons. The minimum absolute atomic E-state index is 0.0422. The van der Waals surface area contributed by atoms with Crippen LogP contribution in [0.1, 0.15) is 17.3 Å². The van der Waals surface area contributed by atoms with Crippen molar-refractivity contribution in [2.24, 2.45) is 0 Å². The fourth-order valence-corrected chi connectivity index (χ4v) is 1.85. The molecule has 1 unspecified atom stereocenters. The Bertz CT molecular complexity index is 720. The number of hydrogen-bond donors (Lipinski definition) is 2. The van der Waals surface area contributed by atoms with Gasteiger partial charge in [-0.3, -0.25) is 9.59 Å². The Kier molecular flexibility index (Phi) is 3.84. The number of rotatable bonds is 3. The van der Waals surface area contributed by atoms with Crippen LogP contribution in [0.5, 0.6) is 0 Å².